The van der Waals surface area contributed by atoms with Gasteiger partial charge in [-0.3, -0.25) is 0 Å². The van der Waals surface area contributed by atoms with Gasteiger partial charge in [-0.2, -0.15) is 5.26 Å². The summed E-state index contributed by atoms with van der Waals surface area (Å²) in [5.41, 5.74) is 1.12. The van der Waals surface area contributed by atoms with Crippen LogP contribution in [0.25, 0.3) is 0 Å². The minimum absolute atomic E-state index is 0.165. The molecule has 0 aliphatic carbocycles. The fraction of sp³-hybridized carbons (Fsp3) is 0.200. The molecular weight excluding hydrogens is 202 g/mol. The molecule has 72 valence electrons. The van der Waals surface area contributed by atoms with Crippen molar-refractivity contribution < 1.29 is 9.53 Å². The highest BCUT2D eigenvalue weighted by molar-refractivity contribution is 6.33. The van der Waals surface area contributed by atoms with Gasteiger partial charge in [-0.25, -0.2) is 4.79 Å². The lowest BCUT2D eigenvalue weighted by atomic mass is 10.1. The van der Waals surface area contributed by atoms with Gasteiger partial charge in [0.25, 0.3) is 0 Å². The summed E-state index contributed by atoms with van der Waals surface area (Å²) in [7, 11) is 1.26. The summed E-state index contributed by atoms with van der Waals surface area (Å²) in [5, 5.41) is 9.13. The Hall–Kier alpha value is -1.53. The maximum atomic E-state index is 11.2. The number of carbonyl (C=O) groups excluding carboxylic acids is 1. The van der Waals surface area contributed by atoms with E-state index in [4.69, 9.17) is 16.9 Å². The molecule has 0 fully saturated rings. The van der Waals surface area contributed by atoms with Gasteiger partial charge in [-0.15, -0.1) is 0 Å². The van der Waals surface area contributed by atoms with E-state index in [2.05, 4.69) is 4.74 Å². The third-order valence-corrected chi connectivity index (χ3v) is 2.34. The van der Waals surface area contributed by atoms with Crippen molar-refractivity contribution in [3.63, 3.8) is 0 Å². The second kappa shape index (κ2) is 4.12. The quantitative estimate of drug-likeness (QED) is 0.667. The Labute approximate surface area is 86.9 Å². The Balaban J connectivity index is 3.40. The molecule has 4 heteroatoms. The molecule has 0 unspecified atom stereocenters. The minimum Gasteiger partial charge on any atom is -0.465 e. The SMILES string of the molecule is COC(=O)c1ccc(C)c(Cl)c1C#N. The summed E-state index contributed by atoms with van der Waals surface area (Å²) in [5.74, 6) is -0.552. The van der Waals surface area contributed by atoms with Gasteiger partial charge in [-0.1, -0.05) is 17.7 Å². The molecule has 0 aromatic heterocycles. The van der Waals surface area contributed by atoms with E-state index in [0.29, 0.717) is 5.02 Å². The second-order valence-electron chi connectivity index (χ2n) is 2.72. The van der Waals surface area contributed by atoms with Crippen molar-refractivity contribution in [1.29, 1.82) is 5.26 Å². The van der Waals surface area contributed by atoms with Gasteiger partial charge in [-0.05, 0) is 18.6 Å². The van der Waals surface area contributed by atoms with Crippen molar-refractivity contribution in [1.82, 2.24) is 0 Å². The van der Waals surface area contributed by atoms with Gasteiger partial charge in [0.1, 0.15) is 6.07 Å². The van der Waals surface area contributed by atoms with Crippen LogP contribution in [0.3, 0.4) is 0 Å². The number of nitrogens with zero attached hydrogens (tertiary/aromatic N) is 1. The van der Waals surface area contributed by atoms with Crippen LogP contribution >= 0.6 is 11.6 Å². The molecule has 1 aromatic carbocycles. The molecule has 0 N–H and O–H groups in total. The molecule has 0 heterocycles. The first-order valence-electron chi connectivity index (χ1n) is 3.89. The van der Waals surface area contributed by atoms with E-state index < -0.39 is 5.97 Å². The molecule has 3 nitrogen and oxygen atoms in total. The summed E-state index contributed by atoms with van der Waals surface area (Å²) in [6.07, 6.45) is 0. The molecule has 0 spiro atoms. The highest BCUT2D eigenvalue weighted by Crippen LogP contribution is 2.23. The normalized spacial score (nSPS) is 9.29. The van der Waals surface area contributed by atoms with E-state index >= 15 is 0 Å². The number of nitriles is 1. The molecule has 1 rings (SSSR count). The van der Waals surface area contributed by atoms with E-state index in [1.54, 1.807) is 13.0 Å². The van der Waals surface area contributed by atoms with Crippen LogP contribution in [-0.2, 0) is 4.74 Å². The predicted octanol–water partition coefficient (Wildman–Crippen LogP) is 2.31. The predicted molar refractivity (Wildman–Crippen MR) is 52.2 cm³/mol. The van der Waals surface area contributed by atoms with Crippen molar-refractivity contribution in [2.24, 2.45) is 0 Å². The van der Waals surface area contributed by atoms with E-state index in [0.717, 1.165) is 5.56 Å². The van der Waals surface area contributed by atoms with Crippen LogP contribution < -0.4 is 0 Å². The smallest absolute Gasteiger partial charge is 0.339 e. The standard InChI is InChI=1S/C10H8ClNO2/c1-6-3-4-7(10(13)14-2)8(5-12)9(6)11/h3-4H,1-2H3. The summed E-state index contributed by atoms with van der Waals surface area (Å²) in [6.45, 7) is 1.77. The van der Waals surface area contributed by atoms with Crippen LogP contribution in [0.15, 0.2) is 12.1 Å². The third kappa shape index (κ3) is 1.70. The van der Waals surface area contributed by atoms with E-state index in [1.165, 1.54) is 13.2 Å². The fourth-order valence-electron chi connectivity index (χ4n) is 1.07. The van der Waals surface area contributed by atoms with Crippen LogP contribution in [0, 0.1) is 18.3 Å². The van der Waals surface area contributed by atoms with Gasteiger partial charge in [0.05, 0.1) is 23.3 Å². The van der Waals surface area contributed by atoms with Crippen LogP contribution in [0.2, 0.25) is 5.02 Å². The number of hydrogen-bond acceptors (Lipinski definition) is 3. The zero-order chi connectivity index (χ0) is 10.7. The molecule has 1 aromatic rings. The van der Waals surface area contributed by atoms with Crippen molar-refractivity contribution in [3.8, 4) is 6.07 Å². The molecule has 0 radical (unpaired) electrons. The lowest BCUT2D eigenvalue weighted by molar-refractivity contribution is 0.0600. The monoisotopic (exact) mass is 209 g/mol. The third-order valence-electron chi connectivity index (χ3n) is 1.85. The maximum Gasteiger partial charge on any atom is 0.339 e. The largest absolute Gasteiger partial charge is 0.465 e. The molecular formula is C10H8ClNO2. The number of methoxy groups -OCH3 is 1. The number of hydrogen-bond donors (Lipinski definition) is 0. The van der Waals surface area contributed by atoms with Gasteiger partial charge in [0, 0.05) is 0 Å². The van der Waals surface area contributed by atoms with Crippen LogP contribution in [0.5, 0.6) is 0 Å². The van der Waals surface area contributed by atoms with Gasteiger partial charge in [0.2, 0.25) is 0 Å². The maximum absolute atomic E-state index is 11.2. The number of halogens is 1. The van der Waals surface area contributed by atoms with E-state index in [1.807, 2.05) is 6.07 Å². The first kappa shape index (κ1) is 10.6. The van der Waals surface area contributed by atoms with Crippen molar-refractivity contribution in [2.75, 3.05) is 7.11 Å². The highest BCUT2D eigenvalue weighted by Gasteiger charge is 2.15. The first-order chi connectivity index (χ1) is 6.61. The van der Waals surface area contributed by atoms with Gasteiger partial charge < -0.3 is 4.74 Å². The summed E-state index contributed by atoms with van der Waals surface area (Å²) in [6, 6.07) is 5.10. The van der Waals surface area contributed by atoms with Crippen molar-refractivity contribution in [2.45, 2.75) is 6.92 Å². The van der Waals surface area contributed by atoms with Crippen LogP contribution in [0.1, 0.15) is 21.5 Å². The first-order valence-corrected chi connectivity index (χ1v) is 4.27. The van der Waals surface area contributed by atoms with E-state index in [-0.39, 0.29) is 11.1 Å². The van der Waals surface area contributed by atoms with Gasteiger partial charge >= 0.3 is 5.97 Å². The molecule has 0 saturated carbocycles. The zero-order valence-corrected chi connectivity index (χ0v) is 8.55. The summed E-state index contributed by atoms with van der Waals surface area (Å²) in [4.78, 5) is 11.2. The second-order valence-corrected chi connectivity index (χ2v) is 3.10. The lowest BCUT2D eigenvalue weighted by Crippen LogP contribution is -2.04. The highest BCUT2D eigenvalue weighted by atomic mass is 35.5. The molecule has 0 bridgehead atoms. The van der Waals surface area contributed by atoms with Crippen molar-refractivity contribution >= 4 is 17.6 Å². The Morgan fingerprint density at radius 2 is 2.21 bits per heavy atom. The molecule has 0 aliphatic rings. The Kier molecular flexibility index (Phi) is 3.10. The number of esters is 1. The molecule has 14 heavy (non-hydrogen) atoms. The Bertz CT molecular complexity index is 421. The number of aryl methyl sites for hydroxylation is 1. The minimum atomic E-state index is -0.552. The molecule has 0 atom stereocenters. The summed E-state index contributed by atoms with van der Waals surface area (Å²) < 4.78 is 4.52. The lowest BCUT2D eigenvalue weighted by Gasteiger charge is -2.05. The number of rotatable bonds is 1. The Morgan fingerprint density at radius 3 is 2.71 bits per heavy atom. The van der Waals surface area contributed by atoms with Crippen LogP contribution in [-0.4, -0.2) is 13.1 Å². The fourth-order valence-corrected chi connectivity index (χ4v) is 1.28. The molecule has 0 saturated heterocycles. The number of benzene rings is 1. The number of ether oxygens (including phenoxy) is 1. The average Bonchev–Trinajstić information content (AvgIpc) is 2.20. The number of carbonyl (C=O) groups is 1. The van der Waals surface area contributed by atoms with Crippen LogP contribution in [0.4, 0.5) is 0 Å². The summed E-state index contributed by atoms with van der Waals surface area (Å²) >= 11 is 5.87. The Morgan fingerprint density at radius 1 is 1.57 bits per heavy atom. The topological polar surface area (TPSA) is 50.1 Å². The van der Waals surface area contributed by atoms with Crippen molar-refractivity contribution in [3.05, 3.63) is 33.8 Å². The zero-order valence-electron chi connectivity index (χ0n) is 7.80. The molecule has 0 amide bonds. The molecule has 0 aliphatic heterocycles. The average molecular weight is 210 g/mol. The van der Waals surface area contributed by atoms with E-state index in [9.17, 15) is 4.79 Å². The van der Waals surface area contributed by atoms with Gasteiger partial charge in [0.15, 0.2) is 0 Å².